The summed E-state index contributed by atoms with van der Waals surface area (Å²) in [6.45, 7) is 0. The number of carbonyl (C=O) groups is 1. The molecule has 1 amide bonds. The Morgan fingerprint density at radius 1 is 1.16 bits per heavy atom. The Labute approximate surface area is 109 Å². The number of rotatable bonds is 4. The third kappa shape index (κ3) is 3.09. The van der Waals surface area contributed by atoms with Crippen LogP contribution in [-0.4, -0.2) is 23.0 Å². The van der Waals surface area contributed by atoms with Gasteiger partial charge in [-0.1, -0.05) is 0 Å². The molecule has 1 aromatic heterocycles. The number of aromatic nitrogens is 2. The highest BCUT2D eigenvalue weighted by Gasteiger charge is 2.06. The minimum atomic E-state index is -0.500. The number of benzene rings is 1. The number of carbonyl (C=O) groups excluding carboxylic acids is 1. The van der Waals surface area contributed by atoms with Crippen LogP contribution in [0.3, 0.4) is 0 Å². The van der Waals surface area contributed by atoms with Gasteiger partial charge in [0.2, 0.25) is 23.6 Å². The highest BCUT2D eigenvalue weighted by atomic mass is 16.5. The van der Waals surface area contributed by atoms with Gasteiger partial charge in [-0.05, 0) is 24.3 Å². The molecular weight excluding hydrogens is 248 g/mol. The first-order valence-corrected chi connectivity index (χ1v) is 5.35. The summed E-state index contributed by atoms with van der Waals surface area (Å²) < 4.78 is 10.4. The number of hydrogen-bond acceptors (Lipinski definition) is 6. The fraction of sp³-hybridized carbons (Fsp3) is 0.0833. The molecule has 0 radical (unpaired) electrons. The van der Waals surface area contributed by atoms with Crippen molar-refractivity contribution >= 4 is 11.9 Å². The van der Waals surface area contributed by atoms with Gasteiger partial charge in [-0.2, -0.15) is 9.97 Å². The average molecular weight is 260 g/mol. The van der Waals surface area contributed by atoms with E-state index in [2.05, 4.69) is 9.97 Å². The smallest absolute Gasteiger partial charge is 0.248 e. The van der Waals surface area contributed by atoms with Gasteiger partial charge in [-0.3, -0.25) is 4.79 Å². The second-order valence-electron chi connectivity index (χ2n) is 3.60. The second-order valence-corrected chi connectivity index (χ2v) is 3.60. The molecule has 7 nitrogen and oxygen atoms in total. The molecule has 2 rings (SSSR count). The Morgan fingerprint density at radius 3 is 2.37 bits per heavy atom. The summed E-state index contributed by atoms with van der Waals surface area (Å²) in [7, 11) is 1.47. The van der Waals surface area contributed by atoms with Crippen LogP contribution in [0.5, 0.6) is 17.5 Å². The van der Waals surface area contributed by atoms with Gasteiger partial charge in [0, 0.05) is 5.56 Å². The molecule has 0 bridgehead atoms. The van der Waals surface area contributed by atoms with Crippen LogP contribution in [0.4, 0.5) is 5.95 Å². The van der Waals surface area contributed by atoms with Crippen molar-refractivity contribution in [3.63, 3.8) is 0 Å². The monoisotopic (exact) mass is 260 g/mol. The van der Waals surface area contributed by atoms with Gasteiger partial charge in [0.1, 0.15) is 5.75 Å². The number of amides is 1. The molecule has 4 N–H and O–H groups in total. The van der Waals surface area contributed by atoms with E-state index in [9.17, 15) is 4.79 Å². The van der Waals surface area contributed by atoms with Gasteiger partial charge in [0.05, 0.1) is 13.2 Å². The van der Waals surface area contributed by atoms with Gasteiger partial charge in [-0.15, -0.1) is 0 Å². The topological polar surface area (TPSA) is 113 Å². The molecule has 0 saturated carbocycles. The van der Waals surface area contributed by atoms with E-state index in [1.54, 1.807) is 24.3 Å². The lowest BCUT2D eigenvalue weighted by molar-refractivity contribution is 0.100. The van der Waals surface area contributed by atoms with Crippen LogP contribution in [0, 0.1) is 0 Å². The van der Waals surface area contributed by atoms with Crippen LogP contribution in [0.15, 0.2) is 30.3 Å². The zero-order valence-electron chi connectivity index (χ0n) is 10.2. The number of primary amides is 1. The number of hydrogen-bond donors (Lipinski definition) is 2. The maximum absolute atomic E-state index is 10.9. The summed E-state index contributed by atoms with van der Waals surface area (Å²) >= 11 is 0. The van der Waals surface area contributed by atoms with Crippen LogP contribution in [0.25, 0.3) is 0 Å². The Hall–Kier alpha value is -2.83. The molecule has 0 saturated heterocycles. The molecule has 98 valence electrons. The first-order valence-electron chi connectivity index (χ1n) is 5.35. The highest BCUT2D eigenvalue weighted by Crippen LogP contribution is 2.23. The number of nitrogen functional groups attached to an aromatic ring is 1. The maximum Gasteiger partial charge on any atom is 0.248 e. The Kier molecular flexibility index (Phi) is 3.46. The van der Waals surface area contributed by atoms with Crippen LogP contribution in [0.1, 0.15) is 10.4 Å². The largest absolute Gasteiger partial charge is 0.481 e. The number of ether oxygens (including phenoxy) is 2. The molecule has 2 aromatic rings. The fourth-order valence-corrected chi connectivity index (χ4v) is 1.39. The summed E-state index contributed by atoms with van der Waals surface area (Å²) in [4.78, 5) is 18.7. The molecule has 19 heavy (non-hydrogen) atoms. The van der Waals surface area contributed by atoms with E-state index in [4.69, 9.17) is 20.9 Å². The third-order valence-corrected chi connectivity index (χ3v) is 2.27. The zero-order valence-corrected chi connectivity index (χ0v) is 10.2. The fourth-order valence-electron chi connectivity index (χ4n) is 1.39. The first kappa shape index (κ1) is 12.6. The van der Waals surface area contributed by atoms with Crippen LogP contribution >= 0.6 is 0 Å². The van der Waals surface area contributed by atoms with Crippen LogP contribution < -0.4 is 20.9 Å². The molecule has 1 aromatic carbocycles. The van der Waals surface area contributed by atoms with Crippen molar-refractivity contribution in [2.75, 3.05) is 12.8 Å². The minimum Gasteiger partial charge on any atom is -0.481 e. The molecule has 0 fully saturated rings. The van der Waals surface area contributed by atoms with Crippen molar-refractivity contribution in [2.45, 2.75) is 0 Å². The Bertz CT molecular complexity index is 598. The van der Waals surface area contributed by atoms with Crippen LogP contribution in [-0.2, 0) is 0 Å². The highest BCUT2D eigenvalue weighted by molar-refractivity contribution is 5.92. The molecule has 0 spiro atoms. The van der Waals surface area contributed by atoms with E-state index in [0.29, 0.717) is 17.2 Å². The molecule has 7 heteroatoms. The Balaban J connectivity index is 2.21. The summed E-state index contributed by atoms with van der Waals surface area (Å²) in [5, 5.41) is 0. The predicted molar refractivity (Wildman–Crippen MR) is 68.0 cm³/mol. The average Bonchev–Trinajstić information content (AvgIpc) is 2.38. The minimum absolute atomic E-state index is 0.0445. The first-order chi connectivity index (χ1) is 9.08. The number of methoxy groups -OCH3 is 1. The van der Waals surface area contributed by atoms with E-state index < -0.39 is 5.91 Å². The molecule has 0 aliphatic heterocycles. The standard InChI is InChI=1S/C12H12N4O3/c1-18-9-6-10(16-12(14)15-9)19-8-4-2-7(3-5-8)11(13)17/h2-6H,1H3,(H2,13,17)(H2,14,15,16). The third-order valence-electron chi connectivity index (χ3n) is 2.27. The van der Waals surface area contributed by atoms with E-state index >= 15 is 0 Å². The molecule has 0 unspecified atom stereocenters. The normalized spacial score (nSPS) is 9.95. The predicted octanol–water partition coefficient (Wildman–Crippen LogP) is 0.959. The van der Waals surface area contributed by atoms with E-state index in [1.807, 2.05) is 0 Å². The van der Waals surface area contributed by atoms with E-state index in [0.717, 1.165) is 0 Å². The second kappa shape index (κ2) is 5.21. The number of anilines is 1. The summed E-state index contributed by atoms with van der Waals surface area (Å²) in [5.41, 5.74) is 11.0. The molecular formula is C12H12N4O3. The molecule has 0 aliphatic carbocycles. The summed E-state index contributed by atoms with van der Waals surface area (Å²) in [5.74, 6) is 0.584. The Morgan fingerprint density at radius 2 is 1.79 bits per heavy atom. The van der Waals surface area contributed by atoms with Crippen molar-refractivity contribution in [1.29, 1.82) is 0 Å². The lowest BCUT2D eigenvalue weighted by atomic mass is 10.2. The van der Waals surface area contributed by atoms with Gasteiger partial charge >= 0.3 is 0 Å². The summed E-state index contributed by atoms with van der Waals surface area (Å²) in [6, 6.07) is 7.81. The quantitative estimate of drug-likeness (QED) is 0.846. The van der Waals surface area contributed by atoms with Crippen molar-refractivity contribution < 1.29 is 14.3 Å². The SMILES string of the molecule is COc1cc(Oc2ccc(C(N)=O)cc2)nc(N)n1. The van der Waals surface area contributed by atoms with Crippen LogP contribution in [0.2, 0.25) is 0 Å². The van der Waals surface area contributed by atoms with E-state index in [1.165, 1.54) is 13.2 Å². The lowest BCUT2D eigenvalue weighted by Crippen LogP contribution is -2.10. The van der Waals surface area contributed by atoms with E-state index in [-0.39, 0.29) is 11.8 Å². The van der Waals surface area contributed by atoms with Gasteiger partial charge in [0.25, 0.3) is 0 Å². The van der Waals surface area contributed by atoms with Crippen molar-refractivity contribution in [3.8, 4) is 17.5 Å². The number of nitrogens with two attached hydrogens (primary N) is 2. The molecule has 0 atom stereocenters. The molecule has 0 aliphatic rings. The van der Waals surface area contributed by atoms with Crippen molar-refractivity contribution in [1.82, 2.24) is 9.97 Å². The number of nitrogens with zero attached hydrogens (tertiary/aromatic N) is 2. The molecule has 1 heterocycles. The van der Waals surface area contributed by atoms with Gasteiger partial charge in [-0.25, -0.2) is 0 Å². The van der Waals surface area contributed by atoms with Crippen molar-refractivity contribution in [2.24, 2.45) is 5.73 Å². The lowest BCUT2D eigenvalue weighted by Gasteiger charge is -2.07. The van der Waals surface area contributed by atoms with Gasteiger partial charge < -0.3 is 20.9 Å². The zero-order chi connectivity index (χ0) is 13.8. The van der Waals surface area contributed by atoms with Crippen molar-refractivity contribution in [3.05, 3.63) is 35.9 Å². The van der Waals surface area contributed by atoms with Gasteiger partial charge in [0.15, 0.2) is 0 Å². The maximum atomic E-state index is 10.9. The summed E-state index contributed by atoms with van der Waals surface area (Å²) in [6.07, 6.45) is 0.